The Kier molecular flexibility index (Phi) is 5.05. The number of rotatable bonds is 2. The highest BCUT2D eigenvalue weighted by Gasteiger charge is 2.46. The van der Waals surface area contributed by atoms with Crippen LogP contribution in [0.4, 0.5) is 4.39 Å². The van der Waals surface area contributed by atoms with Gasteiger partial charge >= 0.3 is 0 Å². The Hall–Kier alpha value is -1.78. The van der Waals surface area contributed by atoms with E-state index in [4.69, 9.17) is 9.47 Å². The molecule has 2 heterocycles. The van der Waals surface area contributed by atoms with E-state index in [1.807, 2.05) is 0 Å². The van der Waals surface area contributed by atoms with Crippen LogP contribution in [0.5, 0.6) is 11.5 Å². The lowest BCUT2D eigenvalue weighted by molar-refractivity contribution is 0.0994. The zero-order valence-electron chi connectivity index (χ0n) is 16.5. The maximum Gasteiger partial charge on any atom is 0.231 e. The molecule has 0 spiro atoms. The summed E-state index contributed by atoms with van der Waals surface area (Å²) in [5.41, 5.74) is 4.20. The molecule has 28 heavy (non-hydrogen) atoms. The second-order valence-electron chi connectivity index (χ2n) is 8.38. The minimum Gasteiger partial charge on any atom is -0.453 e. The Bertz CT molecular complexity index is 896. The normalized spacial score (nSPS) is 26.0. The van der Waals surface area contributed by atoms with Crippen LogP contribution in [0.1, 0.15) is 54.4 Å². The van der Waals surface area contributed by atoms with Crippen molar-refractivity contribution in [2.75, 3.05) is 19.9 Å². The van der Waals surface area contributed by atoms with Crippen molar-refractivity contribution in [1.29, 1.82) is 0 Å². The van der Waals surface area contributed by atoms with Gasteiger partial charge in [-0.05, 0) is 69.7 Å². The van der Waals surface area contributed by atoms with Gasteiger partial charge in [-0.3, -0.25) is 4.90 Å². The lowest BCUT2D eigenvalue weighted by Gasteiger charge is -2.46. The second kappa shape index (κ2) is 7.23. The minimum absolute atomic E-state index is 0. The molecule has 2 aliphatic heterocycles. The number of ether oxygens (including phenoxy) is 2. The average molecular weight is 404 g/mol. The van der Waals surface area contributed by atoms with Crippen molar-refractivity contribution >= 4 is 12.4 Å². The summed E-state index contributed by atoms with van der Waals surface area (Å²) >= 11 is 0. The summed E-state index contributed by atoms with van der Waals surface area (Å²) in [6, 6.07) is 10.1. The molecule has 5 rings (SSSR count). The van der Waals surface area contributed by atoms with E-state index in [-0.39, 0.29) is 30.6 Å². The van der Waals surface area contributed by atoms with E-state index in [1.54, 1.807) is 0 Å². The fraction of sp³-hybridized carbons (Fsp3) is 0.478. The SMILES string of the molecule is Cc1ccccc1C1Cc2c3c(cc(F)c2C(C)(N2CCCC2)C1)OCO3.Cl. The monoisotopic (exact) mass is 403 g/mol. The predicted octanol–water partition coefficient (Wildman–Crippen LogP) is 5.33. The predicted molar refractivity (Wildman–Crippen MR) is 110 cm³/mol. The van der Waals surface area contributed by atoms with Crippen LogP contribution in [-0.4, -0.2) is 24.8 Å². The van der Waals surface area contributed by atoms with E-state index in [9.17, 15) is 0 Å². The van der Waals surface area contributed by atoms with Crippen LogP contribution in [0, 0.1) is 12.7 Å². The first-order valence-corrected chi connectivity index (χ1v) is 10.00. The fourth-order valence-corrected chi connectivity index (χ4v) is 5.52. The lowest BCUT2D eigenvalue weighted by Crippen LogP contribution is -2.47. The lowest BCUT2D eigenvalue weighted by atomic mass is 9.68. The molecule has 3 aliphatic rings. The molecule has 1 aliphatic carbocycles. The Balaban J connectivity index is 0.00000192. The van der Waals surface area contributed by atoms with Gasteiger partial charge in [-0.1, -0.05) is 24.3 Å². The van der Waals surface area contributed by atoms with Crippen molar-refractivity contribution in [2.45, 2.75) is 51.0 Å². The molecule has 2 unspecified atom stereocenters. The Morgan fingerprint density at radius 2 is 1.89 bits per heavy atom. The van der Waals surface area contributed by atoms with Gasteiger partial charge in [0.25, 0.3) is 0 Å². The molecule has 0 amide bonds. The Labute approximate surface area is 172 Å². The number of likely N-dealkylation sites (tertiary alicyclic amines) is 1. The Morgan fingerprint density at radius 3 is 2.64 bits per heavy atom. The maximum absolute atomic E-state index is 15.3. The molecule has 1 saturated heterocycles. The van der Waals surface area contributed by atoms with Gasteiger partial charge in [-0.15, -0.1) is 12.4 Å². The summed E-state index contributed by atoms with van der Waals surface area (Å²) in [4.78, 5) is 2.49. The quantitative estimate of drug-likeness (QED) is 0.676. The van der Waals surface area contributed by atoms with Gasteiger partial charge in [-0.2, -0.15) is 0 Å². The van der Waals surface area contributed by atoms with Crippen molar-refractivity contribution < 1.29 is 13.9 Å². The smallest absolute Gasteiger partial charge is 0.231 e. The van der Waals surface area contributed by atoms with E-state index in [0.29, 0.717) is 11.7 Å². The number of benzene rings is 2. The zero-order chi connectivity index (χ0) is 18.6. The van der Waals surface area contributed by atoms with Gasteiger partial charge < -0.3 is 9.47 Å². The number of nitrogens with zero attached hydrogens (tertiary/aromatic N) is 1. The molecule has 2 aromatic carbocycles. The third kappa shape index (κ3) is 2.89. The largest absolute Gasteiger partial charge is 0.453 e. The summed E-state index contributed by atoms with van der Waals surface area (Å²) in [6.45, 7) is 6.65. The molecule has 2 aromatic rings. The minimum atomic E-state index is -0.317. The maximum atomic E-state index is 15.3. The molecule has 3 nitrogen and oxygen atoms in total. The second-order valence-corrected chi connectivity index (χ2v) is 8.38. The van der Waals surface area contributed by atoms with Crippen molar-refractivity contribution in [3.63, 3.8) is 0 Å². The molecule has 0 saturated carbocycles. The van der Waals surface area contributed by atoms with Crippen molar-refractivity contribution in [3.05, 3.63) is 58.4 Å². The standard InChI is InChI=1S/C23H26FNO2.ClH/c1-15-7-3-4-8-17(15)16-11-18-21(19(24)12-20-22(18)27-14-26-20)23(2,13-16)25-9-5-6-10-25;/h3-4,7-8,12,16H,5-6,9-11,13-14H2,1-2H3;1H. The number of hydrogen-bond acceptors (Lipinski definition) is 3. The fourth-order valence-electron chi connectivity index (χ4n) is 5.52. The van der Waals surface area contributed by atoms with Gasteiger partial charge in [0.2, 0.25) is 6.79 Å². The van der Waals surface area contributed by atoms with Gasteiger partial charge in [0.05, 0.1) is 0 Å². The van der Waals surface area contributed by atoms with Crippen molar-refractivity contribution in [2.24, 2.45) is 0 Å². The molecular weight excluding hydrogens is 377 g/mol. The first-order chi connectivity index (χ1) is 13.1. The number of hydrogen-bond donors (Lipinski definition) is 0. The summed E-state index contributed by atoms with van der Waals surface area (Å²) in [7, 11) is 0. The third-order valence-electron chi connectivity index (χ3n) is 6.78. The van der Waals surface area contributed by atoms with Gasteiger partial charge in [0, 0.05) is 22.7 Å². The molecular formula is C23H27ClFNO2. The zero-order valence-corrected chi connectivity index (χ0v) is 17.3. The first-order valence-electron chi connectivity index (χ1n) is 10.00. The summed E-state index contributed by atoms with van der Waals surface area (Å²) in [5, 5.41) is 0. The Morgan fingerprint density at radius 1 is 1.14 bits per heavy atom. The molecule has 150 valence electrons. The van der Waals surface area contributed by atoms with Gasteiger partial charge in [-0.25, -0.2) is 4.39 Å². The highest BCUT2D eigenvalue weighted by Crippen LogP contribution is 2.53. The van der Waals surface area contributed by atoms with E-state index in [2.05, 4.69) is 43.0 Å². The highest BCUT2D eigenvalue weighted by atomic mass is 35.5. The molecule has 0 bridgehead atoms. The summed E-state index contributed by atoms with van der Waals surface area (Å²) in [6.07, 6.45) is 4.10. The number of halogens is 2. The van der Waals surface area contributed by atoms with Gasteiger partial charge in [0.15, 0.2) is 11.5 Å². The first kappa shape index (κ1) is 19.5. The van der Waals surface area contributed by atoms with Gasteiger partial charge in [0.1, 0.15) is 5.82 Å². The molecule has 0 radical (unpaired) electrons. The third-order valence-corrected chi connectivity index (χ3v) is 6.78. The average Bonchev–Trinajstić information content (AvgIpc) is 3.33. The van der Waals surface area contributed by atoms with Crippen molar-refractivity contribution in [3.8, 4) is 11.5 Å². The molecule has 0 aromatic heterocycles. The van der Waals surface area contributed by atoms with Crippen LogP contribution < -0.4 is 9.47 Å². The van der Waals surface area contributed by atoms with Crippen LogP contribution in [0.2, 0.25) is 0 Å². The van der Waals surface area contributed by atoms with Crippen LogP contribution in [0.25, 0.3) is 0 Å². The van der Waals surface area contributed by atoms with Crippen molar-refractivity contribution in [1.82, 2.24) is 4.90 Å². The highest BCUT2D eigenvalue weighted by molar-refractivity contribution is 5.85. The van der Waals surface area contributed by atoms with E-state index in [0.717, 1.165) is 42.8 Å². The van der Waals surface area contributed by atoms with E-state index >= 15 is 4.39 Å². The number of aryl methyl sites for hydroxylation is 1. The molecule has 1 fully saturated rings. The van der Waals surface area contributed by atoms with E-state index < -0.39 is 0 Å². The number of fused-ring (bicyclic) bond motifs is 3. The topological polar surface area (TPSA) is 21.7 Å². The summed E-state index contributed by atoms with van der Waals surface area (Å²) in [5.74, 6) is 1.52. The van der Waals surface area contributed by atoms with E-state index in [1.165, 1.54) is 30.0 Å². The van der Waals surface area contributed by atoms with Crippen LogP contribution in [0.15, 0.2) is 30.3 Å². The van der Waals surface area contributed by atoms with Crippen LogP contribution >= 0.6 is 12.4 Å². The summed E-state index contributed by atoms with van der Waals surface area (Å²) < 4.78 is 26.7. The van der Waals surface area contributed by atoms with Crippen LogP contribution in [-0.2, 0) is 12.0 Å². The molecule has 5 heteroatoms. The molecule has 0 N–H and O–H groups in total. The molecule has 2 atom stereocenters. The van der Waals surface area contributed by atoms with Crippen LogP contribution in [0.3, 0.4) is 0 Å².